The number of aromatic amines is 1. The van der Waals surface area contributed by atoms with Crippen molar-refractivity contribution in [3.8, 4) is 22.9 Å². The number of methoxy groups -OCH3 is 2. The van der Waals surface area contributed by atoms with E-state index in [4.69, 9.17) is 14.2 Å². The van der Waals surface area contributed by atoms with Gasteiger partial charge in [0.25, 0.3) is 5.91 Å². The molecule has 1 aromatic heterocycles. The van der Waals surface area contributed by atoms with Gasteiger partial charge in [0.15, 0.2) is 5.82 Å². The fourth-order valence-electron chi connectivity index (χ4n) is 3.39. The zero-order chi connectivity index (χ0) is 23.0. The first-order valence-corrected chi connectivity index (χ1v) is 10.3. The van der Waals surface area contributed by atoms with Crippen LogP contribution in [0.5, 0.6) is 11.5 Å². The fourth-order valence-corrected chi connectivity index (χ4v) is 3.39. The average molecular weight is 444 g/mol. The number of rotatable bonds is 9. The van der Waals surface area contributed by atoms with E-state index in [9.17, 15) is 4.79 Å². The summed E-state index contributed by atoms with van der Waals surface area (Å²) in [5.74, 6) is 1.47. The number of amides is 1. The molecule has 8 heteroatoms. The first-order chi connectivity index (χ1) is 16.2. The predicted molar refractivity (Wildman–Crippen MR) is 124 cm³/mol. The normalized spacial score (nSPS) is 10.8. The third-order valence-corrected chi connectivity index (χ3v) is 4.99. The third-order valence-electron chi connectivity index (χ3n) is 4.99. The van der Waals surface area contributed by atoms with Crippen LogP contribution in [0.1, 0.15) is 17.2 Å². The Bertz CT molecular complexity index is 1160. The van der Waals surface area contributed by atoms with Crippen molar-refractivity contribution < 1.29 is 19.0 Å². The molecule has 0 aliphatic heterocycles. The molecule has 0 fully saturated rings. The van der Waals surface area contributed by atoms with Gasteiger partial charge in [0.05, 0.1) is 19.8 Å². The van der Waals surface area contributed by atoms with Crippen molar-refractivity contribution in [3.05, 3.63) is 90.0 Å². The Kier molecular flexibility index (Phi) is 6.96. The largest absolute Gasteiger partial charge is 0.497 e. The first-order valence-electron chi connectivity index (χ1n) is 10.3. The summed E-state index contributed by atoms with van der Waals surface area (Å²) >= 11 is 0. The van der Waals surface area contributed by atoms with E-state index in [1.54, 1.807) is 32.4 Å². The third kappa shape index (κ3) is 5.36. The summed E-state index contributed by atoms with van der Waals surface area (Å²) in [4.78, 5) is 16.9. The van der Waals surface area contributed by atoms with E-state index in [2.05, 4.69) is 20.5 Å². The second-order valence-electron chi connectivity index (χ2n) is 7.13. The number of hydrogen-bond acceptors (Lipinski definition) is 6. The van der Waals surface area contributed by atoms with Crippen molar-refractivity contribution in [1.82, 2.24) is 15.2 Å². The van der Waals surface area contributed by atoms with Crippen molar-refractivity contribution in [2.75, 3.05) is 26.1 Å². The maximum Gasteiger partial charge on any atom is 0.252 e. The second kappa shape index (κ2) is 10.4. The van der Waals surface area contributed by atoms with Gasteiger partial charge in [-0.25, -0.2) is 0 Å². The zero-order valence-corrected chi connectivity index (χ0v) is 18.3. The van der Waals surface area contributed by atoms with Crippen molar-refractivity contribution in [1.29, 1.82) is 0 Å². The molecule has 3 aromatic carbocycles. The van der Waals surface area contributed by atoms with Crippen molar-refractivity contribution >= 4 is 11.9 Å². The molecule has 168 valence electrons. The van der Waals surface area contributed by atoms with Crippen LogP contribution in [-0.4, -0.2) is 41.9 Å². The maximum atomic E-state index is 12.6. The van der Waals surface area contributed by atoms with Crippen LogP contribution in [0.3, 0.4) is 0 Å². The molecule has 0 radical (unpaired) electrons. The quantitative estimate of drug-likeness (QED) is 0.401. The van der Waals surface area contributed by atoms with E-state index in [0.29, 0.717) is 22.9 Å². The lowest BCUT2D eigenvalue weighted by Crippen LogP contribution is -2.21. The highest BCUT2D eigenvalue weighted by Gasteiger charge is 2.18. The number of anilines is 1. The summed E-state index contributed by atoms with van der Waals surface area (Å²) < 4.78 is 16.6. The Labute approximate surface area is 191 Å². The molecule has 1 heterocycles. The van der Waals surface area contributed by atoms with Crippen LogP contribution in [-0.2, 0) is 9.53 Å². The average Bonchev–Trinajstić information content (AvgIpc) is 3.33. The van der Waals surface area contributed by atoms with Crippen LogP contribution in [0, 0.1) is 0 Å². The summed E-state index contributed by atoms with van der Waals surface area (Å²) in [7, 11) is 3.14. The number of hydrogen-bond donors (Lipinski definition) is 2. The van der Waals surface area contributed by atoms with Crippen LogP contribution >= 0.6 is 0 Å². The number of nitrogens with zero attached hydrogens (tertiary/aromatic N) is 2. The van der Waals surface area contributed by atoms with Gasteiger partial charge in [0, 0.05) is 6.07 Å². The Morgan fingerprint density at radius 1 is 0.939 bits per heavy atom. The van der Waals surface area contributed by atoms with E-state index in [0.717, 1.165) is 11.1 Å². The number of aromatic nitrogens is 3. The number of H-pyrrole nitrogens is 1. The molecule has 4 aromatic rings. The SMILES string of the molecule is COc1ccc(-c2nc(NC(=O)COC(c3ccccc3)c3ccccc3)n[nH]2)c(OC)c1. The van der Waals surface area contributed by atoms with Gasteiger partial charge in [0.1, 0.15) is 24.2 Å². The zero-order valence-electron chi connectivity index (χ0n) is 18.3. The summed E-state index contributed by atoms with van der Waals surface area (Å²) in [5, 5.41) is 9.57. The fraction of sp³-hybridized carbons (Fsp3) is 0.160. The van der Waals surface area contributed by atoms with Gasteiger partial charge >= 0.3 is 0 Å². The Morgan fingerprint density at radius 3 is 2.21 bits per heavy atom. The van der Waals surface area contributed by atoms with E-state index >= 15 is 0 Å². The predicted octanol–water partition coefficient (Wildman–Crippen LogP) is 4.23. The molecule has 8 nitrogen and oxygen atoms in total. The second-order valence-corrected chi connectivity index (χ2v) is 7.13. The standard InChI is InChI=1S/C25H24N4O4/c1-31-19-13-14-20(21(15-19)32-2)24-27-25(29-28-24)26-22(30)16-33-23(17-9-5-3-6-10-17)18-11-7-4-8-12-18/h3-15,23H,16H2,1-2H3,(H2,26,27,28,29,30). The van der Waals surface area contributed by atoms with Crippen LogP contribution < -0.4 is 14.8 Å². The highest BCUT2D eigenvalue weighted by atomic mass is 16.5. The summed E-state index contributed by atoms with van der Waals surface area (Å²) in [6.07, 6.45) is -0.371. The maximum absolute atomic E-state index is 12.6. The molecule has 0 aliphatic carbocycles. The van der Waals surface area contributed by atoms with Crippen LogP contribution in [0.2, 0.25) is 0 Å². The van der Waals surface area contributed by atoms with E-state index in [-0.39, 0.29) is 24.6 Å². The Balaban J connectivity index is 1.43. The monoisotopic (exact) mass is 444 g/mol. The van der Waals surface area contributed by atoms with Crippen molar-refractivity contribution in [2.45, 2.75) is 6.10 Å². The molecule has 2 N–H and O–H groups in total. The molecule has 4 rings (SSSR count). The van der Waals surface area contributed by atoms with Gasteiger partial charge in [-0.1, -0.05) is 60.7 Å². The van der Waals surface area contributed by atoms with Gasteiger partial charge in [-0.05, 0) is 23.3 Å². The van der Waals surface area contributed by atoms with Crippen molar-refractivity contribution in [2.24, 2.45) is 0 Å². The number of benzene rings is 3. The first kappa shape index (κ1) is 22.0. The summed E-state index contributed by atoms with van der Waals surface area (Å²) in [6.45, 7) is -0.163. The lowest BCUT2D eigenvalue weighted by Gasteiger charge is -2.18. The molecule has 0 bridgehead atoms. The lowest BCUT2D eigenvalue weighted by molar-refractivity contribution is -0.122. The highest BCUT2D eigenvalue weighted by Crippen LogP contribution is 2.31. The van der Waals surface area contributed by atoms with Gasteiger partial charge in [-0.3, -0.25) is 15.2 Å². The van der Waals surface area contributed by atoms with Crippen LogP contribution in [0.15, 0.2) is 78.9 Å². The number of nitrogens with one attached hydrogen (secondary N) is 2. The van der Waals surface area contributed by atoms with E-state index < -0.39 is 0 Å². The number of ether oxygens (including phenoxy) is 3. The van der Waals surface area contributed by atoms with E-state index in [1.807, 2.05) is 60.7 Å². The van der Waals surface area contributed by atoms with Crippen LogP contribution in [0.25, 0.3) is 11.4 Å². The minimum Gasteiger partial charge on any atom is -0.497 e. The molecule has 0 saturated carbocycles. The molecular weight excluding hydrogens is 420 g/mol. The molecule has 0 saturated heterocycles. The molecule has 0 spiro atoms. The number of carbonyl (C=O) groups is 1. The topological polar surface area (TPSA) is 98.4 Å². The number of carbonyl (C=O) groups excluding carboxylic acids is 1. The molecular formula is C25H24N4O4. The van der Waals surface area contributed by atoms with Gasteiger partial charge in [0.2, 0.25) is 5.95 Å². The molecule has 33 heavy (non-hydrogen) atoms. The van der Waals surface area contributed by atoms with Gasteiger partial charge in [-0.2, -0.15) is 4.98 Å². The van der Waals surface area contributed by atoms with E-state index in [1.165, 1.54) is 0 Å². The minimum atomic E-state index is -0.371. The molecule has 0 unspecified atom stereocenters. The molecule has 0 atom stereocenters. The van der Waals surface area contributed by atoms with Crippen molar-refractivity contribution in [3.63, 3.8) is 0 Å². The van der Waals surface area contributed by atoms with Crippen LogP contribution in [0.4, 0.5) is 5.95 Å². The summed E-state index contributed by atoms with van der Waals surface area (Å²) in [5.41, 5.74) is 2.61. The Morgan fingerprint density at radius 2 is 1.61 bits per heavy atom. The minimum absolute atomic E-state index is 0.146. The molecule has 0 aliphatic rings. The lowest BCUT2D eigenvalue weighted by atomic mass is 10.0. The smallest absolute Gasteiger partial charge is 0.252 e. The highest BCUT2D eigenvalue weighted by molar-refractivity contribution is 5.90. The van der Waals surface area contributed by atoms with Gasteiger partial charge < -0.3 is 14.2 Å². The Hall–Kier alpha value is -4.17. The molecule has 1 amide bonds. The summed E-state index contributed by atoms with van der Waals surface area (Å²) in [6, 6.07) is 24.9. The van der Waals surface area contributed by atoms with Gasteiger partial charge in [-0.15, -0.1) is 5.10 Å².